The molecule has 0 saturated heterocycles. The molecule has 3 heteroatoms. The molecule has 2 rings (SSSR count). The van der Waals surface area contributed by atoms with Crippen molar-refractivity contribution in [2.45, 2.75) is 67.2 Å². The van der Waals surface area contributed by atoms with Crippen molar-refractivity contribution in [3.63, 3.8) is 0 Å². The van der Waals surface area contributed by atoms with Gasteiger partial charge in [-0.1, -0.05) is 50.6 Å². The first-order chi connectivity index (χ1) is 12.6. The third-order valence-electron chi connectivity index (χ3n) is 3.79. The number of hydrogen-bond donors (Lipinski definition) is 0. The van der Waals surface area contributed by atoms with Crippen LogP contribution < -0.4 is 4.74 Å². The van der Waals surface area contributed by atoms with Crippen LogP contribution >= 0.6 is 0 Å². The van der Waals surface area contributed by atoms with Gasteiger partial charge in [-0.25, -0.2) is 0 Å². The number of rotatable bonds is 5. The van der Waals surface area contributed by atoms with Crippen molar-refractivity contribution in [3.8, 4) is 5.75 Å². The van der Waals surface area contributed by atoms with E-state index in [1.54, 1.807) is 12.1 Å². The minimum Gasteiger partial charge on any atom is -0.427 e. The molecule has 0 saturated carbocycles. The molecule has 0 fully saturated rings. The van der Waals surface area contributed by atoms with E-state index in [0.717, 1.165) is 12.1 Å². The molecule has 0 radical (unpaired) electrons. The molecule has 0 spiro atoms. The van der Waals surface area contributed by atoms with Gasteiger partial charge in [-0.3, -0.25) is 4.79 Å². The fraction of sp³-hybridized carbons (Fsp3) is 0.522. The van der Waals surface area contributed by atoms with E-state index in [0.29, 0.717) is 5.75 Å². The minimum absolute atomic E-state index is 0.283. The number of nitrogens with zero attached hydrogens (tertiary/aromatic N) is 1. The van der Waals surface area contributed by atoms with Gasteiger partial charge in [-0.15, -0.1) is 0 Å². The summed E-state index contributed by atoms with van der Waals surface area (Å²) in [7, 11) is 0. The number of esters is 1. The van der Waals surface area contributed by atoms with Crippen LogP contribution in [0.25, 0.3) is 0 Å². The molecule has 0 heterocycles. The highest BCUT2D eigenvalue weighted by molar-refractivity contribution is 5.69. The van der Waals surface area contributed by atoms with E-state index in [1.165, 1.54) is 44.8 Å². The summed E-state index contributed by atoms with van der Waals surface area (Å²) in [5, 5.41) is 0. The van der Waals surface area contributed by atoms with Crippen molar-refractivity contribution in [3.05, 3.63) is 53.8 Å². The maximum atomic E-state index is 10.5. The lowest BCUT2D eigenvalue weighted by Crippen LogP contribution is -2.23. The van der Waals surface area contributed by atoms with Crippen molar-refractivity contribution >= 4 is 5.97 Å². The molecule has 0 aliphatic heterocycles. The van der Waals surface area contributed by atoms with Crippen LogP contribution in [0.5, 0.6) is 5.75 Å². The molecule has 26 heavy (non-hydrogen) atoms. The third-order valence-corrected chi connectivity index (χ3v) is 3.79. The number of hydrogen-bond acceptors (Lipinski definition) is 3. The van der Waals surface area contributed by atoms with E-state index in [2.05, 4.69) is 37.0 Å². The summed E-state index contributed by atoms with van der Waals surface area (Å²) in [5.74, 6) is 0.317. The normalized spacial score (nSPS) is 12.5. The van der Waals surface area contributed by atoms with Gasteiger partial charge in [-0.05, 0) is 57.7 Å². The first-order valence-corrected chi connectivity index (χ1v) is 9.92. The lowest BCUT2D eigenvalue weighted by atomic mass is 10.2. The molecule has 0 atom stereocenters. The van der Waals surface area contributed by atoms with E-state index in [9.17, 15) is 4.79 Å². The van der Waals surface area contributed by atoms with Crippen LogP contribution in [0.1, 0.15) is 65.9 Å². The molecular formula is C23H37NO2. The van der Waals surface area contributed by atoms with Gasteiger partial charge in [0, 0.05) is 25.7 Å². The average molecular weight is 360 g/mol. The number of benzene rings is 1. The molecule has 3 nitrogen and oxygen atoms in total. The fourth-order valence-electron chi connectivity index (χ4n) is 2.57. The molecule has 1 aromatic carbocycles. The first-order valence-electron chi connectivity index (χ1n) is 9.92. The van der Waals surface area contributed by atoms with Crippen LogP contribution in [0.2, 0.25) is 0 Å². The average Bonchev–Trinajstić information content (AvgIpc) is 2.93. The first kappa shape index (κ1) is 24.0. The number of carbonyl (C=O) groups excluding carboxylic acids is 1. The third kappa shape index (κ3) is 10.8. The molecule has 1 aromatic rings. The topological polar surface area (TPSA) is 29.5 Å². The summed E-state index contributed by atoms with van der Waals surface area (Å²) in [6.07, 6.45) is 11.8. The quantitative estimate of drug-likeness (QED) is 0.457. The summed E-state index contributed by atoms with van der Waals surface area (Å²) < 4.78 is 4.83. The van der Waals surface area contributed by atoms with Gasteiger partial charge in [0.2, 0.25) is 0 Å². The van der Waals surface area contributed by atoms with Gasteiger partial charge in [-0.2, -0.15) is 0 Å². The highest BCUT2D eigenvalue weighted by Gasteiger charge is 2.06. The monoisotopic (exact) mass is 359 g/mol. The van der Waals surface area contributed by atoms with E-state index in [-0.39, 0.29) is 5.97 Å². The molecule has 0 aromatic heterocycles. The molecule has 1 aliphatic rings. The maximum Gasteiger partial charge on any atom is 0.308 e. The van der Waals surface area contributed by atoms with Crippen molar-refractivity contribution in [1.29, 1.82) is 0 Å². The Morgan fingerprint density at radius 3 is 2.35 bits per heavy atom. The Hall–Kier alpha value is -2.03. The lowest BCUT2D eigenvalue weighted by molar-refractivity contribution is -0.131. The van der Waals surface area contributed by atoms with E-state index in [4.69, 9.17) is 4.74 Å². The standard InChI is InChI=1S/C12H21N.C9H10O2.C2H6/c1-3-11-13(4-2)12-9-7-5-6-8-10-12;1-7-3-5-9(6-4-7)11-8(2)10;1-2/h5,7,9H,3-4,6,8,10-11H2,1-2H3;3-6H,1-2H3;1-2H3. The second kappa shape index (κ2) is 15.2. The van der Waals surface area contributed by atoms with Gasteiger partial charge < -0.3 is 9.64 Å². The predicted octanol–water partition coefficient (Wildman–Crippen LogP) is 6.29. The molecule has 0 amide bonds. The maximum absolute atomic E-state index is 10.5. The summed E-state index contributed by atoms with van der Waals surface area (Å²) >= 11 is 0. The largest absolute Gasteiger partial charge is 0.427 e. The van der Waals surface area contributed by atoms with Crippen molar-refractivity contribution in [2.24, 2.45) is 0 Å². The van der Waals surface area contributed by atoms with Gasteiger partial charge in [0.25, 0.3) is 0 Å². The lowest BCUT2D eigenvalue weighted by Gasteiger charge is -2.25. The summed E-state index contributed by atoms with van der Waals surface area (Å²) in [6.45, 7) is 14.2. The Kier molecular flexibility index (Phi) is 14.1. The number of allylic oxidation sites excluding steroid dienone is 4. The zero-order valence-corrected chi connectivity index (χ0v) is 17.5. The van der Waals surface area contributed by atoms with Crippen molar-refractivity contribution in [1.82, 2.24) is 4.90 Å². The van der Waals surface area contributed by atoms with Crippen LogP contribution in [0.15, 0.2) is 48.2 Å². The van der Waals surface area contributed by atoms with Crippen molar-refractivity contribution < 1.29 is 9.53 Å². The molecule has 0 bridgehead atoms. The Bertz CT molecular complexity index is 544. The van der Waals surface area contributed by atoms with E-state index < -0.39 is 0 Å². The summed E-state index contributed by atoms with van der Waals surface area (Å²) in [6, 6.07) is 7.35. The van der Waals surface area contributed by atoms with Gasteiger partial charge in [0.15, 0.2) is 0 Å². The number of aryl methyl sites for hydroxylation is 1. The van der Waals surface area contributed by atoms with Gasteiger partial charge in [0.05, 0.1) is 0 Å². The molecule has 1 aliphatic carbocycles. The number of carbonyl (C=O) groups is 1. The predicted molar refractivity (Wildman–Crippen MR) is 112 cm³/mol. The zero-order valence-electron chi connectivity index (χ0n) is 17.5. The highest BCUT2D eigenvalue weighted by Crippen LogP contribution is 2.16. The Morgan fingerprint density at radius 2 is 1.81 bits per heavy atom. The van der Waals surface area contributed by atoms with E-state index >= 15 is 0 Å². The molecule has 146 valence electrons. The fourth-order valence-corrected chi connectivity index (χ4v) is 2.57. The van der Waals surface area contributed by atoms with Crippen LogP contribution in [-0.2, 0) is 4.79 Å². The summed E-state index contributed by atoms with van der Waals surface area (Å²) in [4.78, 5) is 13.0. The second-order valence-electron chi connectivity index (χ2n) is 5.96. The number of ether oxygens (including phenoxy) is 1. The van der Waals surface area contributed by atoms with Crippen LogP contribution in [0, 0.1) is 6.92 Å². The Labute approximate surface area is 160 Å². The van der Waals surface area contributed by atoms with Crippen LogP contribution in [-0.4, -0.2) is 24.0 Å². The smallest absolute Gasteiger partial charge is 0.308 e. The highest BCUT2D eigenvalue weighted by atomic mass is 16.5. The molecule has 0 unspecified atom stereocenters. The van der Waals surface area contributed by atoms with Crippen LogP contribution in [0.3, 0.4) is 0 Å². The van der Waals surface area contributed by atoms with Gasteiger partial charge in [0.1, 0.15) is 5.75 Å². The summed E-state index contributed by atoms with van der Waals surface area (Å²) in [5.41, 5.74) is 2.68. The van der Waals surface area contributed by atoms with Gasteiger partial charge >= 0.3 is 5.97 Å². The molecular weight excluding hydrogens is 322 g/mol. The van der Waals surface area contributed by atoms with E-state index in [1.807, 2.05) is 32.9 Å². The Balaban J connectivity index is 0.000000444. The minimum atomic E-state index is -0.283. The second-order valence-corrected chi connectivity index (χ2v) is 5.96. The van der Waals surface area contributed by atoms with Crippen molar-refractivity contribution in [2.75, 3.05) is 13.1 Å². The SMILES string of the molecule is CC.CC(=O)Oc1ccc(C)cc1.CCCN(CC)C1=CC=CCCC1. The molecule has 0 N–H and O–H groups in total. The zero-order chi connectivity index (χ0) is 19.8. The Morgan fingerprint density at radius 1 is 1.15 bits per heavy atom. The van der Waals surface area contributed by atoms with Crippen LogP contribution in [0.4, 0.5) is 0 Å².